The summed E-state index contributed by atoms with van der Waals surface area (Å²) in [5, 5.41) is 4.12. The predicted octanol–water partition coefficient (Wildman–Crippen LogP) is 3.96. The molecule has 2 aromatic heterocycles. The number of nitrogens with zero attached hydrogens (tertiary/aromatic N) is 3. The molecule has 7 nitrogen and oxygen atoms in total. The summed E-state index contributed by atoms with van der Waals surface area (Å²) in [4.78, 5) is 27.3. The second-order valence-electron chi connectivity index (χ2n) is 9.95. The highest BCUT2D eigenvalue weighted by molar-refractivity contribution is 5.79. The van der Waals surface area contributed by atoms with Crippen LogP contribution in [0.15, 0.2) is 71.7 Å². The van der Waals surface area contributed by atoms with E-state index in [9.17, 15) is 4.79 Å². The Morgan fingerprint density at radius 3 is 2.57 bits per heavy atom. The van der Waals surface area contributed by atoms with Gasteiger partial charge in [0, 0.05) is 19.2 Å². The summed E-state index contributed by atoms with van der Waals surface area (Å²) in [7, 11) is 2.18. The van der Waals surface area contributed by atoms with E-state index in [1.807, 2.05) is 18.2 Å². The molecule has 3 heterocycles. The fraction of sp³-hybridized carbons (Fsp3) is 0.367. The zero-order chi connectivity index (χ0) is 25.5. The molecule has 192 valence electrons. The Hall–Kier alpha value is -3.55. The summed E-state index contributed by atoms with van der Waals surface area (Å²) < 4.78 is 5.94. The largest absolute Gasteiger partial charge is 0.493 e. The number of benzene rings is 2. The van der Waals surface area contributed by atoms with Crippen LogP contribution in [0.3, 0.4) is 0 Å². The van der Waals surface area contributed by atoms with Gasteiger partial charge in [0.2, 0.25) is 0 Å². The monoisotopic (exact) mass is 497 g/mol. The Morgan fingerprint density at radius 2 is 1.78 bits per heavy atom. The fourth-order valence-electron chi connectivity index (χ4n) is 4.88. The average Bonchev–Trinajstić information content (AvgIpc) is 2.92. The number of likely N-dealkylation sites (tertiary alicyclic amines) is 1. The fourth-order valence-corrected chi connectivity index (χ4v) is 4.88. The van der Waals surface area contributed by atoms with Gasteiger partial charge in [-0.2, -0.15) is 0 Å². The van der Waals surface area contributed by atoms with Crippen LogP contribution in [0.5, 0.6) is 5.75 Å². The molecule has 1 aliphatic rings. The van der Waals surface area contributed by atoms with Gasteiger partial charge in [-0.05, 0) is 81.2 Å². The summed E-state index contributed by atoms with van der Waals surface area (Å²) in [5.74, 6) is 2.10. The van der Waals surface area contributed by atoms with Gasteiger partial charge in [0.1, 0.15) is 17.1 Å². The molecule has 4 aromatic rings. The van der Waals surface area contributed by atoms with Crippen molar-refractivity contribution in [2.24, 2.45) is 5.92 Å². The van der Waals surface area contributed by atoms with Gasteiger partial charge in [-0.15, -0.1) is 0 Å². The number of hydrogen-bond donors (Lipinski definition) is 2. The van der Waals surface area contributed by atoms with E-state index < -0.39 is 0 Å². The van der Waals surface area contributed by atoms with Crippen molar-refractivity contribution in [2.75, 3.05) is 33.3 Å². The van der Waals surface area contributed by atoms with Crippen LogP contribution in [0, 0.1) is 5.92 Å². The Bertz CT molecular complexity index is 1350. The molecule has 1 saturated heterocycles. The van der Waals surface area contributed by atoms with Crippen LogP contribution >= 0.6 is 0 Å². The molecule has 7 heteroatoms. The predicted molar refractivity (Wildman–Crippen MR) is 147 cm³/mol. The van der Waals surface area contributed by atoms with Gasteiger partial charge in [0.15, 0.2) is 0 Å². The van der Waals surface area contributed by atoms with E-state index in [2.05, 4.69) is 63.6 Å². The molecule has 2 N–H and O–H groups in total. The maximum absolute atomic E-state index is 12.7. The molecular weight excluding hydrogens is 462 g/mol. The zero-order valence-corrected chi connectivity index (χ0v) is 21.5. The lowest BCUT2D eigenvalue weighted by Crippen LogP contribution is -2.34. The Kier molecular flexibility index (Phi) is 8.23. The van der Waals surface area contributed by atoms with E-state index in [0.717, 1.165) is 37.5 Å². The molecule has 0 amide bonds. The molecule has 1 fully saturated rings. The minimum Gasteiger partial charge on any atom is -0.493 e. The number of fused-ring (bicyclic) bond motifs is 1. The van der Waals surface area contributed by atoms with E-state index in [0.29, 0.717) is 42.2 Å². The molecule has 0 bridgehead atoms. The van der Waals surface area contributed by atoms with Crippen molar-refractivity contribution in [3.05, 3.63) is 99.9 Å². The van der Waals surface area contributed by atoms with E-state index in [-0.39, 0.29) is 5.56 Å². The first kappa shape index (κ1) is 25.1. The second-order valence-corrected chi connectivity index (χ2v) is 9.95. The molecule has 5 rings (SSSR count). The average molecular weight is 498 g/mol. The lowest BCUT2D eigenvalue weighted by Gasteiger charge is -2.29. The van der Waals surface area contributed by atoms with Gasteiger partial charge in [0.05, 0.1) is 17.7 Å². The van der Waals surface area contributed by atoms with Crippen molar-refractivity contribution in [3.63, 3.8) is 0 Å². The molecule has 0 saturated carbocycles. The third-order valence-electron chi connectivity index (χ3n) is 7.09. The Morgan fingerprint density at radius 1 is 1.03 bits per heavy atom. The van der Waals surface area contributed by atoms with E-state index in [4.69, 9.17) is 9.72 Å². The molecule has 0 radical (unpaired) electrons. The van der Waals surface area contributed by atoms with Crippen molar-refractivity contribution >= 4 is 10.9 Å². The van der Waals surface area contributed by atoms with Gasteiger partial charge in [-0.1, -0.05) is 42.5 Å². The summed E-state index contributed by atoms with van der Waals surface area (Å²) >= 11 is 0. The minimum atomic E-state index is -0.135. The Labute approximate surface area is 217 Å². The normalized spacial score (nSPS) is 14.7. The van der Waals surface area contributed by atoms with E-state index >= 15 is 0 Å². The van der Waals surface area contributed by atoms with Crippen LogP contribution in [0.4, 0.5) is 0 Å². The topological polar surface area (TPSA) is 83.1 Å². The van der Waals surface area contributed by atoms with Crippen molar-refractivity contribution in [2.45, 2.75) is 32.2 Å². The molecule has 1 aliphatic heterocycles. The maximum Gasteiger partial charge on any atom is 0.258 e. The molecule has 0 atom stereocenters. The lowest BCUT2D eigenvalue weighted by molar-refractivity contribution is 0.216. The summed E-state index contributed by atoms with van der Waals surface area (Å²) in [6.07, 6.45) is 5.52. The zero-order valence-electron chi connectivity index (χ0n) is 21.5. The van der Waals surface area contributed by atoms with Gasteiger partial charge in [0.25, 0.3) is 5.56 Å². The number of pyridine rings is 1. The number of piperidine rings is 1. The minimum absolute atomic E-state index is 0.135. The van der Waals surface area contributed by atoms with Gasteiger partial charge >= 0.3 is 0 Å². The van der Waals surface area contributed by atoms with Crippen LogP contribution in [0.25, 0.3) is 10.9 Å². The number of rotatable bonds is 10. The van der Waals surface area contributed by atoms with Crippen LogP contribution in [0.2, 0.25) is 0 Å². The number of nitrogens with one attached hydrogen (secondary N) is 2. The van der Waals surface area contributed by atoms with Crippen LogP contribution in [0.1, 0.15) is 35.5 Å². The number of aromatic amines is 1. The number of hydrogen-bond acceptors (Lipinski definition) is 6. The molecule has 0 unspecified atom stereocenters. The molecule has 37 heavy (non-hydrogen) atoms. The highest BCUT2D eigenvalue weighted by Crippen LogP contribution is 2.17. The highest BCUT2D eigenvalue weighted by atomic mass is 16.5. The number of aromatic nitrogens is 3. The van der Waals surface area contributed by atoms with Gasteiger partial charge < -0.3 is 19.9 Å². The quantitative estimate of drug-likeness (QED) is 0.345. The smallest absolute Gasteiger partial charge is 0.258 e. The first-order chi connectivity index (χ1) is 18.1. The van der Waals surface area contributed by atoms with E-state index in [1.54, 1.807) is 12.3 Å². The van der Waals surface area contributed by atoms with Crippen LogP contribution in [-0.2, 0) is 19.4 Å². The number of ether oxygens (including phenoxy) is 1. The second kappa shape index (κ2) is 12.1. The first-order valence-electron chi connectivity index (χ1n) is 13.2. The van der Waals surface area contributed by atoms with Crippen LogP contribution in [-0.4, -0.2) is 53.1 Å². The summed E-state index contributed by atoms with van der Waals surface area (Å²) in [6.45, 7) is 4.29. The van der Waals surface area contributed by atoms with Crippen molar-refractivity contribution < 1.29 is 4.74 Å². The van der Waals surface area contributed by atoms with Gasteiger partial charge in [-0.3, -0.25) is 9.78 Å². The standard InChI is InChI=1S/C30H35N5O2/c1-35-16-12-24(13-17-35)20-31-21-27-29-26(11-15-32-27)30(36)34-28(33-29)14-18-37-25-9-7-23(8-10-25)19-22-5-3-2-4-6-22/h2-11,15,24,31H,12-14,16-21H2,1H3,(H,33,34,36). The molecule has 0 aliphatic carbocycles. The number of H-pyrrole nitrogens is 1. The third kappa shape index (κ3) is 6.81. The van der Waals surface area contributed by atoms with Crippen LogP contribution < -0.4 is 15.6 Å². The highest BCUT2D eigenvalue weighted by Gasteiger charge is 2.16. The molecule has 2 aromatic carbocycles. The first-order valence-corrected chi connectivity index (χ1v) is 13.2. The van der Waals surface area contributed by atoms with Crippen molar-refractivity contribution in [3.8, 4) is 5.75 Å². The van der Waals surface area contributed by atoms with Gasteiger partial charge in [-0.25, -0.2) is 4.98 Å². The summed E-state index contributed by atoms with van der Waals surface area (Å²) in [6, 6.07) is 20.3. The third-order valence-corrected chi connectivity index (χ3v) is 7.09. The van der Waals surface area contributed by atoms with Crippen molar-refractivity contribution in [1.82, 2.24) is 25.2 Å². The summed E-state index contributed by atoms with van der Waals surface area (Å²) in [5.41, 5.74) is 3.87. The SMILES string of the molecule is CN1CCC(CNCc2nccc3c(=O)[nH]c(CCOc4ccc(Cc5ccccc5)cc4)nc23)CC1. The molecular formula is C30H35N5O2. The molecule has 0 spiro atoms. The van der Waals surface area contributed by atoms with E-state index in [1.165, 1.54) is 24.0 Å². The Balaban J connectivity index is 1.17. The maximum atomic E-state index is 12.7. The van der Waals surface area contributed by atoms with Crippen molar-refractivity contribution in [1.29, 1.82) is 0 Å². The lowest BCUT2D eigenvalue weighted by atomic mass is 9.97.